The maximum atomic E-state index is 10.0. The Hall–Kier alpha value is -0.200. The van der Waals surface area contributed by atoms with Gasteiger partial charge in [0.15, 0.2) is 0 Å². The van der Waals surface area contributed by atoms with Crippen molar-refractivity contribution in [3.63, 3.8) is 0 Å². The number of aliphatic hydroxyl groups excluding tert-OH is 4. The summed E-state index contributed by atoms with van der Waals surface area (Å²) in [4.78, 5) is 1.98. The van der Waals surface area contributed by atoms with Gasteiger partial charge in [0.25, 0.3) is 0 Å². The molecule has 3 aliphatic rings. The van der Waals surface area contributed by atoms with Crippen LogP contribution in [-0.4, -0.2) is 69.4 Å². The van der Waals surface area contributed by atoms with E-state index in [9.17, 15) is 20.4 Å². The Kier molecular flexibility index (Phi) is 4.58. The normalized spacial score (nSPS) is 41.1. The number of hydrogen-bond acceptors (Lipinski definition) is 5. The molecule has 21 heavy (non-hydrogen) atoms. The molecule has 122 valence electrons. The Labute approximate surface area is 126 Å². The Morgan fingerprint density at radius 1 is 0.952 bits per heavy atom. The maximum absolute atomic E-state index is 10.0. The third-order valence-corrected chi connectivity index (χ3v) is 6.29. The summed E-state index contributed by atoms with van der Waals surface area (Å²) < 4.78 is 0. The van der Waals surface area contributed by atoms with Gasteiger partial charge in [0, 0.05) is 13.1 Å². The first kappa shape index (κ1) is 15.7. The highest BCUT2D eigenvalue weighted by Crippen LogP contribution is 2.52. The molecule has 0 amide bonds. The molecule has 2 saturated carbocycles. The first-order valence-corrected chi connectivity index (χ1v) is 8.44. The molecule has 4 N–H and O–H groups in total. The van der Waals surface area contributed by atoms with E-state index in [-0.39, 0.29) is 6.61 Å². The number of likely N-dealkylation sites (tertiary alicyclic amines) is 1. The van der Waals surface area contributed by atoms with Crippen LogP contribution in [0.25, 0.3) is 0 Å². The zero-order valence-electron chi connectivity index (χ0n) is 12.7. The van der Waals surface area contributed by atoms with E-state index in [1.54, 1.807) is 0 Å². The van der Waals surface area contributed by atoms with Crippen LogP contribution < -0.4 is 0 Å². The van der Waals surface area contributed by atoms with Gasteiger partial charge in [-0.2, -0.15) is 0 Å². The Morgan fingerprint density at radius 2 is 1.62 bits per heavy atom. The van der Waals surface area contributed by atoms with Crippen LogP contribution in [-0.2, 0) is 0 Å². The maximum Gasteiger partial charge on any atom is 0.109 e. The fourth-order valence-corrected chi connectivity index (χ4v) is 4.57. The lowest BCUT2D eigenvalue weighted by atomic mass is 9.59. The number of hydrogen-bond donors (Lipinski definition) is 4. The molecule has 0 bridgehead atoms. The van der Waals surface area contributed by atoms with Gasteiger partial charge in [0.05, 0.1) is 18.8 Å². The van der Waals surface area contributed by atoms with Crippen LogP contribution in [0.4, 0.5) is 0 Å². The molecular formula is C16H29NO4. The summed E-state index contributed by atoms with van der Waals surface area (Å²) in [6, 6.07) is -0.456. The van der Waals surface area contributed by atoms with Crippen molar-refractivity contribution in [3.05, 3.63) is 0 Å². The van der Waals surface area contributed by atoms with E-state index in [0.717, 1.165) is 6.54 Å². The number of β-amino-alcohol motifs (C(OH)–C–C–N with tert-alkyl or cyclic N) is 1. The van der Waals surface area contributed by atoms with Crippen molar-refractivity contribution in [3.8, 4) is 0 Å². The van der Waals surface area contributed by atoms with E-state index in [2.05, 4.69) is 0 Å². The minimum atomic E-state index is -1.15. The molecule has 1 spiro atoms. The van der Waals surface area contributed by atoms with Crippen molar-refractivity contribution in [2.24, 2.45) is 11.3 Å². The van der Waals surface area contributed by atoms with Crippen LogP contribution >= 0.6 is 0 Å². The average molecular weight is 299 g/mol. The Bertz CT molecular complexity index is 350. The van der Waals surface area contributed by atoms with E-state index >= 15 is 0 Å². The standard InChI is InChI=1S/C16H29NO4/c18-10-12-14(20)15(21)13(19)9-17(12)8-11-2-6-16(7-3-11)4-1-5-16/h11-15,18-21H,1-10H2/t12-,13-,14+,15+/m0/s1. The van der Waals surface area contributed by atoms with Crippen molar-refractivity contribution in [1.82, 2.24) is 4.90 Å². The van der Waals surface area contributed by atoms with Gasteiger partial charge in [-0.15, -0.1) is 0 Å². The molecule has 0 aromatic heterocycles. The van der Waals surface area contributed by atoms with Crippen LogP contribution in [0.5, 0.6) is 0 Å². The van der Waals surface area contributed by atoms with E-state index in [0.29, 0.717) is 17.9 Å². The molecule has 0 aromatic carbocycles. The van der Waals surface area contributed by atoms with Gasteiger partial charge >= 0.3 is 0 Å². The third kappa shape index (κ3) is 2.99. The van der Waals surface area contributed by atoms with Crippen molar-refractivity contribution in [1.29, 1.82) is 0 Å². The summed E-state index contributed by atoms with van der Waals surface area (Å²) in [6.45, 7) is 0.967. The van der Waals surface area contributed by atoms with Gasteiger partial charge in [-0.25, -0.2) is 0 Å². The van der Waals surface area contributed by atoms with Crippen molar-refractivity contribution >= 4 is 0 Å². The first-order chi connectivity index (χ1) is 10.0. The molecule has 5 heteroatoms. The summed E-state index contributed by atoms with van der Waals surface area (Å²) in [7, 11) is 0. The van der Waals surface area contributed by atoms with Crippen molar-refractivity contribution in [2.45, 2.75) is 69.3 Å². The minimum Gasteiger partial charge on any atom is -0.395 e. The molecule has 0 aromatic rings. The zero-order chi connectivity index (χ0) is 15.0. The summed E-state index contributed by atoms with van der Waals surface area (Å²) in [5, 5.41) is 39.1. The average Bonchev–Trinajstić information content (AvgIpc) is 2.44. The first-order valence-electron chi connectivity index (χ1n) is 8.44. The summed E-state index contributed by atoms with van der Waals surface area (Å²) in [6.07, 6.45) is 6.07. The predicted molar refractivity (Wildman–Crippen MR) is 78.7 cm³/mol. The number of aliphatic hydroxyl groups is 4. The topological polar surface area (TPSA) is 84.2 Å². The molecule has 2 aliphatic carbocycles. The lowest BCUT2D eigenvalue weighted by Crippen LogP contribution is -2.63. The molecule has 3 rings (SSSR count). The molecule has 1 heterocycles. The highest BCUT2D eigenvalue weighted by atomic mass is 16.4. The highest BCUT2D eigenvalue weighted by Gasteiger charge is 2.44. The molecular weight excluding hydrogens is 270 g/mol. The summed E-state index contributed by atoms with van der Waals surface area (Å²) in [5.74, 6) is 0.583. The lowest BCUT2D eigenvalue weighted by molar-refractivity contribution is -0.148. The monoisotopic (exact) mass is 299 g/mol. The third-order valence-electron chi connectivity index (χ3n) is 6.29. The van der Waals surface area contributed by atoms with E-state index in [1.165, 1.54) is 44.9 Å². The number of piperidine rings is 1. The van der Waals surface area contributed by atoms with E-state index < -0.39 is 24.4 Å². The number of nitrogens with zero attached hydrogens (tertiary/aromatic N) is 1. The van der Waals surface area contributed by atoms with Crippen LogP contribution in [0.3, 0.4) is 0 Å². The highest BCUT2D eigenvalue weighted by molar-refractivity contribution is 4.96. The Morgan fingerprint density at radius 3 is 2.14 bits per heavy atom. The van der Waals surface area contributed by atoms with Crippen LogP contribution in [0.15, 0.2) is 0 Å². The van der Waals surface area contributed by atoms with Gasteiger partial charge in [0.1, 0.15) is 12.2 Å². The van der Waals surface area contributed by atoms with Crippen molar-refractivity contribution < 1.29 is 20.4 Å². The van der Waals surface area contributed by atoms with E-state index in [1.807, 2.05) is 4.90 Å². The van der Waals surface area contributed by atoms with Gasteiger partial charge in [-0.05, 0) is 49.9 Å². The van der Waals surface area contributed by atoms with E-state index in [4.69, 9.17) is 0 Å². The number of rotatable bonds is 3. The second-order valence-corrected chi connectivity index (χ2v) is 7.55. The van der Waals surface area contributed by atoms with Gasteiger partial charge < -0.3 is 20.4 Å². The SMILES string of the molecule is OC[C@H]1[C@@H](O)[C@H](O)[C@@H](O)CN1CC1CCC2(CCC2)CC1. The van der Waals surface area contributed by atoms with Crippen molar-refractivity contribution in [2.75, 3.05) is 19.7 Å². The zero-order valence-corrected chi connectivity index (χ0v) is 12.7. The fraction of sp³-hybridized carbons (Fsp3) is 1.00. The smallest absolute Gasteiger partial charge is 0.109 e. The molecule has 5 nitrogen and oxygen atoms in total. The molecule has 0 unspecified atom stereocenters. The van der Waals surface area contributed by atoms with Crippen LogP contribution in [0.1, 0.15) is 44.9 Å². The van der Waals surface area contributed by atoms with Crippen LogP contribution in [0, 0.1) is 11.3 Å². The molecule has 3 fully saturated rings. The second-order valence-electron chi connectivity index (χ2n) is 7.55. The quantitative estimate of drug-likeness (QED) is 0.594. The Balaban J connectivity index is 1.56. The molecule has 1 aliphatic heterocycles. The molecule has 0 radical (unpaired) electrons. The minimum absolute atomic E-state index is 0.179. The van der Waals surface area contributed by atoms with Gasteiger partial charge in [-0.3, -0.25) is 4.90 Å². The second kappa shape index (κ2) is 6.13. The lowest BCUT2D eigenvalue weighted by Gasteiger charge is -2.49. The summed E-state index contributed by atoms with van der Waals surface area (Å²) in [5.41, 5.74) is 0.643. The van der Waals surface area contributed by atoms with Gasteiger partial charge in [0.2, 0.25) is 0 Å². The van der Waals surface area contributed by atoms with Crippen LogP contribution in [0.2, 0.25) is 0 Å². The fourth-order valence-electron chi connectivity index (χ4n) is 4.57. The van der Waals surface area contributed by atoms with Gasteiger partial charge in [-0.1, -0.05) is 6.42 Å². The largest absolute Gasteiger partial charge is 0.395 e. The summed E-state index contributed by atoms with van der Waals surface area (Å²) >= 11 is 0. The predicted octanol–water partition coefficient (Wildman–Crippen LogP) is 0.106. The molecule has 1 saturated heterocycles. The molecule has 4 atom stereocenters.